The van der Waals surface area contributed by atoms with Gasteiger partial charge in [0, 0.05) is 27.8 Å². The first-order valence-electron chi connectivity index (χ1n) is 11.2. The van der Waals surface area contributed by atoms with Crippen LogP contribution < -0.4 is 10.6 Å². The summed E-state index contributed by atoms with van der Waals surface area (Å²) in [6, 6.07) is 29.7. The number of hydrogen-bond acceptors (Lipinski definition) is 4. The SMILES string of the molecule is Cc1ccc(N(c2ccc(C)cc2)c2ccc(N)c3ccccc23)cc1.N=C1C=CC=CC1=N. The summed E-state index contributed by atoms with van der Waals surface area (Å²) in [5.74, 6) is 0. The third-order valence-electron chi connectivity index (χ3n) is 5.69. The third-order valence-corrected chi connectivity index (χ3v) is 5.69. The molecule has 1 aliphatic carbocycles. The number of allylic oxidation sites excluding steroid dienone is 4. The van der Waals surface area contributed by atoms with Gasteiger partial charge in [0.15, 0.2) is 0 Å². The highest BCUT2D eigenvalue weighted by Gasteiger charge is 2.15. The molecular weight excluding hydrogens is 416 g/mol. The van der Waals surface area contributed by atoms with Gasteiger partial charge in [-0.3, -0.25) is 10.8 Å². The van der Waals surface area contributed by atoms with Crippen molar-refractivity contribution in [2.45, 2.75) is 13.8 Å². The van der Waals surface area contributed by atoms with Crippen molar-refractivity contribution in [1.29, 1.82) is 10.8 Å². The Morgan fingerprint density at radius 1 is 0.588 bits per heavy atom. The van der Waals surface area contributed by atoms with Crippen molar-refractivity contribution in [3.8, 4) is 0 Å². The van der Waals surface area contributed by atoms with E-state index in [4.69, 9.17) is 16.6 Å². The van der Waals surface area contributed by atoms with Gasteiger partial charge in [0.2, 0.25) is 0 Å². The maximum Gasteiger partial charge on any atom is 0.0789 e. The molecule has 34 heavy (non-hydrogen) atoms. The molecule has 0 bridgehead atoms. The van der Waals surface area contributed by atoms with Gasteiger partial charge >= 0.3 is 0 Å². The summed E-state index contributed by atoms with van der Waals surface area (Å²) in [7, 11) is 0. The number of benzene rings is 4. The number of fused-ring (bicyclic) bond motifs is 1. The van der Waals surface area contributed by atoms with E-state index in [1.807, 2.05) is 12.1 Å². The molecule has 0 amide bonds. The summed E-state index contributed by atoms with van der Waals surface area (Å²) in [6.45, 7) is 4.22. The first kappa shape index (κ1) is 22.7. The van der Waals surface area contributed by atoms with Gasteiger partial charge in [-0.05, 0) is 62.4 Å². The minimum Gasteiger partial charge on any atom is -0.398 e. The predicted molar refractivity (Wildman–Crippen MR) is 146 cm³/mol. The van der Waals surface area contributed by atoms with E-state index in [9.17, 15) is 0 Å². The predicted octanol–water partition coefficient (Wildman–Crippen LogP) is 7.66. The molecule has 4 heteroatoms. The molecule has 1 aliphatic rings. The molecule has 0 saturated carbocycles. The summed E-state index contributed by atoms with van der Waals surface area (Å²) in [5, 5.41) is 16.3. The van der Waals surface area contributed by atoms with Crippen LogP contribution in [-0.2, 0) is 0 Å². The third kappa shape index (κ3) is 4.97. The molecule has 0 fully saturated rings. The second kappa shape index (κ2) is 10.0. The summed E-state index contributed by atoms with van der Waals surface area (Å²) < 4.78 is 0. The maximum atomic E-state index is 7.03. The highest BCUT2D eigenvalue weighted by molar-refractivity contribution is 6.48. The number of nitrogens with zero attached hydrogens (tertiary/aromatic N) is 1. The molecule has 0 saturated heterocycles. The summed E-state index contributed by atoms with van der Waals surface area (Å²) in [6.07, 6.45) is 6.70. The highest BCUT2D eigenvalue weighted by Crippen LogP contribution is 2.40. The van der Waals surface area contributed by atoms with Crippen molar-refractivity contribution in [3.05, 3.63) is 120 Å². The van der Waals surface area contributed by atoms with E-state index in [1.54, 1.807) is 24.3 Å². The molecule has 0 spiro atoms. The van der Waals surface area contributed by atoms with Crippen LogP contribution in [0, 0.1) is 24.7 Å². The zero-order valence-corrected chi connectivity index (χ0v) is 19.4. The Kier molecular flexibility index (Phi) is 6.69. The lowest BCUT2D eigenvalue weighted by molar-refractivity contribution is 1.28. The van der Waals surface area contributed by atoms with Crippen molar-refractivity contribution in [3.63, 3.8) is 0 Å². The number of anilines is 4. The number of rotatable bonds is 3. The van der Waals surface area contributed by atoms with Crippen LogP contribution in [0.15, 0.2) is 109 Å². The molecule has 0 atom stereocenters. The van der Waals surface area contributed by atoms with Gasteiger partial charge in [-0.1, -0.05) is 71.8 Å². The fraction of sp³-hybridized carbons (Fsp3) is 0.0667. The molecule has 0 unspecified atom stereocenters. The van der Waals surface area contributed by atoms with Crippen molar-refractivity contribution in [2.24, 2.45) is 0 Å². The number of nitrogens with one attached hydrogen (secondary N) is 2. The van der Waals surface area contributed by atoms with Gasteiger partial charge in [0.25, 0.3) is 0 Å². The first-order chi connectivity index (χ1) is 16.4. The number of aryl methyl sites for hydroxylation is 2. The molecule has 0 radical (unpaired) electrons. The van der Waals surface area contributed by atoms with E-state index in [-0.39, 0.29) is 11.4 Å². The maximum absolute atomic E-state index is 7.03. The highest BCUT2D eigenvalue weighted by atomic mass is 15.1. The van der Waals surface area contributed by atoms with Crippen LogP contribution in [0.3, 0.4) is 0 Å². The van der Waals surface area contributed by atoms with Gasteiger partial charge in [-0.15, -0.1) is 0 Å². The Morgan fingerprint density at radius 3 is 1.53 bits per heavy atom. The van der Waals surface area contributed by atoms with Gasteiger partial charge in [-0.2, -0.15) is 0 Å². The van der Waals surface area contributed by atoms with Crippen LogP contribution in [0.1, 0.15) is 11.1 Å². The molecule has 0 aliphatic heterocycles. The molecule has 5 rings (SSSR count). The average molecular weight is 445 g/mol. The topological polar surface area (TPSA) is 77.0 Å². The van der Waals surface area contributed by atoms with Crippen LogP contribution in [0.4, 0.5) is 22.7 Å². The first-order valence-corrected chi connectivity index (χ1v) is 11.2. The lowest BCUT2D eigenvalue weighted by Gasteiger charge is -2.27. The van der Waals surface area contributed by atoms with Crippen LogP contribution in [0.5, 0.6) is 0 Å². The van der Waals surface area contributed by atoms with E-state index in [2.05, 4.69) is 91.5 Å². The second-order valence-electron chi connectivity index (χ2n) is 8.27. The zero-order chi connectivity index (χ0) is 24.1. The minimum atomic E-state index is 0.285. The molecule has 4 N–H and O–H groups in total. The Labute approximate surface area is 200 Å². The largest absolute Gasteiger partial charge is 0.398 e. The normalized spacial score (nSPS) is 12.4. The van der Waals surface area contributed by atoms with Crippen molar-refractivity contribution in [2.75, 3.05) is 10.6 Å². The summed E-state index contributed by atoms with van der Waals surface area (Å²) in [5.41, 5.74) is 13.5. The van der Waals surface area contributed by atoms with Crippen molar-refractivity contribution in [1.82, 2.24) is 0 Å². The summed E-state index contributed by atoms with van der Waals surface area (Å²) >= 11 is 0. The summed E-state index contributed by atoms with van der Waals surface area (Å²) in [4.78, 5) is 2.29. The van der Waals surface area contributed by atoms with Gasteiger partial charge in [0.1, 0.15) is 0 Å². The zero-order valence-electron chi connectivity index (χ0n) is 19.4. The lowest BCUT2D eigenvalue weighted by atomic mass is 10.0. The minimum absolute atomic E-state index is 0.285. The Bertz CT molecular complexity index is 1330. The van der Waals surface area contributed by atoms with E-state index in [0.717, 1.165) is 33.5 Å². The van der Waals surface area contributed by atoms with Crippen LogP contribution in [-0.4, -0.2) is 11.4 Å². The van der Waals surface area contributed by atoms with Crippen LogP contribution in [0.25, 0.3) is 10.8 Å². The average Bonchev–Trinajstić information content (AvgIpc) is 2.85. The molecule has 0 heterocycles. The monoisotopic (exact) mass is 444 g/mol. The van der Waals surface area contributed by atoms with Crippen molar-refractivity contribution < 1.29 is 0 Å². The fourth-order valence-corrected chi connectivity index (χ4v) is 3.80. The standard InChI is InChI=1S/C24H22N2.C6H6N2/c1-17-7-11-19(12-8-17)26(20-13-9-18(2)10-14-20)24-16-15-23(25)21-5-3-4-6-22(21)24;7-5-3-1-2-4-6(5)8/h3-16H,25H2,1-2H3;1-4,7-8H. The van der Waals surface area contributed by atoms with Crippen LogP contribution >= 0.6 is 0 Å². The molecule has 4 aromatic carbocycles. The van der Waals surface area contributed by atoms with Crippen molar-refractivity contribution >= 4 is 44.9 Å². The quantitative estimate of drug-likeness (QED) is 0.224. The lowest BCUT2D eigenvalue weighted by Crippen LogP contribution is -2.10. The molecule has 4 nitrogen and oxygen atoms in total. The van der Waals surface area contributed by atoms with E-state index in [1.165, 1.54) is 11.1 Å². The smallest absolute Gasteiger partial charge is 0.0789 e. The number of hydrogen-bond donors (Lipinski definition) is 3. The number of nitrogens with two attached hydrogens (primary N) is 1. The Hall–Kier alpha value is -4.44. The number of nitrogen functional groups attached to an aromatic ring is 1. The molecule has 0 aromatic heterocycles. The van der Waals surface area contributed by atoms with Gasteiger partial charge < -0.3 is 10.6 Å². The van der Waals surface area contributed by atoms with E-state index >= 15 is 0 Å². The van der Waals surface area contributed by atoms with Gasteiger partial charge in [-0.25, -0.2) is 0 Å². The molecular formula is C30H28N4. The second-order valence-corrected chi connectivity index (χ2v) is 8.27. The Balaban J connectivity index is 0.000000291. The molecule has 4 aromatic rings. The van der Waals surface area contributed by atoms with E-state index < -0.39 is 0 Å². The van der Waals surface area contributed by atoms with Crippen LogP contribution in [0.2, 0.25) is 0 Å². The van der Waals surface area contributed by atoms with E-state index in [0.29, 0.717) is 0 Å². The fourth-order valence-electron chi connectivity index (χ4n) is 3.80. The van der Waals surface area contributed by atoms with Gasteiger partial charge in [0.05, 0.1) is 17.1 Å². The molecule has 168 valence electrons. The Morgan fingerprint density at radius 2 is 1.06 bits per heavy atom.